The third-order valence-electron chi connectivity index (χ3n) is 14.0. The van der Waals surface area contributed by atoms with Crippen LogP contribution in [0.5, 0.6) is 0 Å². The minimum absolute atomic E-state index is 0.335. The number of hydrogen-bond acceptors (Lipinski definition) is 3. The molecule has 0 saturated carbocycles. The molecular formula is C57H112O5. The second kappa shape index (κ2) is 52.5. The predicted octanol–water partition coefficient (Wildman–Crippen LogP) is 19.4. The number of aliphatic carboxylic acids is 2. The first-order valence-corrected chi connectivity index (χ1v) is 28.6. The molecule has 0 heterocycles. The number of rotatable bonds is 55. The summed E-state index contributed by atoms with van der Waals surface area (Å²) in [5.41, 5.74) is 0. The minimum Gasteiger partial charge on any atom is -0.481 e. The predicted molar refractivity (Wildman–Crippen MR) is 271 cm³/mol. The molecule has 0 radical (unpaired) electrons. The van der Waals surface area contributed by atoms with E-state index in [2.05, 4.69) is 6.92 Å². The summed E-state index contributed by atoms with van der Waals surface area (Å²) in [4.78, 5) is 22.4. The largest absolute Gasteiger partial charge is 0.481 e. The Morgan fingerprint density at radius 1 is 0.290 bits per heavy atom. The molecule has 0 saturated heterocycles. The van der Waals surface area contributed by atoms with Crippen molar-refractivity contribution in [1.82, 2.24) is 0 Å². The average molecular weight is 878 g/mol. The Bertz CT molecular complexity index is 875. The van der Waals surface area contributed by atoms with Gasteiger partial charge in [-0.1, -0.05) is 315 Å². The summed E-state index contributed by atoms with van der Waals surface area (Å²) in [6.45, 7) is 2.29. The first-order valence-electron chi connectivity index (χ1n) is 28.6. The van der Waals surface area contributed by atoms with Gasteiger partial charge in [-0.2, -0.15) is 0 Å². The van der Waals surface area contributed by atoms with E-state index in [4.69, 9.17) is 5.11 Å². The van der Waals surface area contributed by atoms with E-state index >= 15 is 0 Å². The zero-order valence-electron chi connectivity index (χ0n) is 42.1. The first kappa shape index (κ1) is 60.9. The van der Waals surface area contributed by atoms with Crippen LogP contribution in [0.1, 0.15) is 341 Å². The standard InChI is InChI=1S/C57H112O5/c1-2-3-4-5-6-7-8-9-10-11-12-24-27-30-33-36-39-42-45-48-51-54(57(61)62)55(58)52-49-46-43-40-37-34-31-28-25-22-20-18-16-14-13-15-17-19-21-23-26-29-32-35-38-41-44-47-50-53-56(59)60/h54-55,58H,2-53H2,1H3,(H,59,60)(H,61,62). The van der Waals surface area contributed by atoms with E-state index in [9.17, 15) is 19.8 Å². The van der Waals surface area contributed by atoms with Gasteiger partial charge in [-0.25, -0.2) is 0 Å². The lowest BCUT2D eigenvalue weighted by Crippen LogP contribution is -2.28. The zero-order chi connectivity index (χ0) is 45.1. The van der Waals surface area contributed by atoms with Gasteiger partial charge in [0.05, 0.1) is 12.0 Å². The summed E-state index contributed by atoms with van der Waals surface area (Å²) in [6, 6.07) is 0. The van der Waals surface area contributed by atoms with E-state index in [1.807, 2.05) is 0 Å². The van der Waals surface area contributed by atoms with E-state index in [0.717, 1.165) is 38.5 Å². The normalized spacial score (nSPS) is 12.6. The van der Waals surface area contributed by atoms with Crippen LogP contribution in [0.25, 0.3) is 0 Å². The third kappa shape index (κ3) is 49.9. The molecule has 0 amide bonds. The SMILES string of the molecule is CCCCCCCCCCCCCCCCCCCCCCC(C(=O)O)C(O)CCCCCCCCCCCCCCCCCCCCCCCCCCCCCCCC(=O)O. The molecule has 0 aromatic heterocycles. The van der Waals surface area contributed by atoms with E-state index in [1.54, 1.807) is 0 Å². The van der Waals surface area contributed by atoms with Crippen LogP contribution in [-0.4, -0.2) is 33.4 Å². The van der Waals surface area contributed by atoms with Crippen LogP contribution < -0.4 is 0 Å². The molecule has 5 heteroatoms. The van der Waals surface area contributed by atoms with Gasteiger partial charge in [0, 0.05) is 6.42 Å². The van der Waals surface area contributed by atoms with E-state index in [0.29, 0.717) is 19.3 Å². The zero-order valence-corrected chi connectivity index (χ0v) is 42.1. The number of carbonyl (C=O) groups is 2. The summed E-state index contributed by atoms with van der Waals surface area (Å²) in [7, 11) is 0. The van der Waals surface area contributed by atoms with Gasteiger partial charge >= 0.3 is 11.9 Å². The Morgan fingerprint density at radius 2 is 0.484 bits per heavy atom. The van der Waals surface area contributed by atoms with Crippen LogP contribution >= 0.6 is 0 Å². The molecule has 0 aliphatic carbocycles. The molecule has 2 atom stereocenters. The van der Waals surface area contributed by atoms with Crippen LogP contribution in [0.4, 0.5) is 0 Å². The molecule has 0 aromatic rings. The third-order valence-corrected chi connectivity index (χ3v) is 14.0. The number of aliphatic hydroxyl groups excluding tert-OH is 1. The summed E-state index contributed by atoms with van der Waals surface area (Å²) in [6.07, 6.45) is 66.3. The van der Waals surface area contributed by atoms with Gasteiger partial charge in [-0.05, 0) is 19.3 Å². The van der Waals surface area contributed by atoms with Crippen molar-refractivity contribution in [2.24, 2.45) is 5.92 Å². The molecule has 3 N–H and O–H groups in total. The molecule has 2 unspecified atom stereocenters. The molecule has 0 spiro atoms. The van der Waals surface area contributed by atoms with Crippen molar-refractivity contribution in [1.29, 1.82) is 0 Å². The topological polar surface area (TPSA) is 94.8 Å². The highest BCUT2D eigenvalue weighted by molar-refractivity contribution is 5.70. The Morgan fingerprint density at radius 3 is 0.694 bits per heavy atom. The van der Waals surface area contributed by atoms with Crippen molar-refractivity contribution in [3.63, 3.8) is 0 Å². The van der Waals surface area contributed by atoms with Crippen molar-refractivity contribution in [3.05, 3.63) is 0 Å². The maximum Gasteiger partial charge on any atom is 0.309 e. The van der Waals surface area contributed by atoms with Crippen molar-refractivity contribution in [2.75, 3.05) is 0 Å². The fraction of sp³-hybridized carbons (Fsp3) is 0.965. The molecule has 0 fully saturated rings. The Kier molecular flexibility index (Phi) is 51.6. The second-order valence-corrected chi connectivity index (χ2v) is 20.2. The van der Waals surface area contributed by atoms with Gasteiger partial charge in [0.25, 0.3) is 0 Å². The molecule has 0 aliphatic heterocycles. The van der Waals surface area contributed by atoms with Crippen LogP contribution in [0, 0.1) is 5.92 Å². The van der Waals surface area contributed by atoms with E-state index in [-0.39, 0.29) is 0 Å². The van der Waals surface area contributed by atoms with Crippen molar-refractivity contribution in [2.45, 2.75) is 347 Å². The molecule has 62 heavy (non-hydrogen) atoms. The summed E-state index contributed by atoms with van der Waals surface area (Å²) >= 11 is 0. The first-order chi connectivity index (χ1) is 30.5. The number of aliphatic hydroxyl groups is 1. The van der Waals surface area contributed by atoms with Crippen LogP contribution in [-0.2, 0) is 9.59 Å². The fourth-order valence-corrected chi connectivity index (χ4v) is 9.70. The van der Waals surface area contributed by atoms with Crippen molar-refractivity contribution < 1.29 is 24.9 Å². The quantitative estimate of drug-likeness (QED) is 0.0529. The number of carboxylic acid groups (broad SMARTS) is 2. The average Bonchev–Trinajstić information content (AvgIpc) is 3.25. The van der Waals surface area contributed by atoms with Gasteiger partial charge in [0.2, 0.25) is 0 Å². The lowest BCUT2D eigenvalue weighted by atomic mass is 9.91. The summed E-state index contributed by atoms with van der Waals surface area (Å²) in [5.74, 6) is -2.05. The van der Waals surface area contributed by atoms with Crippen LogP contribution in [0.15, 0.2) is 0 Å². The van der Waals surface area contributed by atoms with Crippen LogP contribution in [0.3, 0.4) is 0 Å². The lowest BCUT2D eigenvalue weighted by Gasteiger charge is -2.19. The maximum atomic E-state index is 11.9. The Labute approximate surface area is 388 Å². The number of carboxylic acids is 2. The molecular weight excluding hydrogens is 765 g/mol. The van der Waals surface area contributed by atoms with E-state index in [1.165, 1.54) is 276 Å². The fourth-order valence-electron chi connectivity index (χ4n) is 9.70. The number of unbranched alkanes of at least 4 members (excludes halogenated alkanes) is 47. The summed E-state index contributed by atoms with van der Waals surface area (Å²) in [5, 5.41) is 29.1. The van der Waals surface area contributed by atoms with Crippen LogP contribution in [0.2, 0.25) is 0 Å². The van der Waals surface area contributed by atoms with Crippen molar-refractivity contribution >= 4 is 11.9 Å². The maximum absolute atomic E-state index is 11.9. The minimum atomic E-state index is -0.807. The molecule has 0 aromatic carbocycles. The van der Waals surface area contributed by atoms with Gasteiger partial charge in [0.1, 0.15) is 0 Å². The monoisotopic (exact) mass is 877 g/mol. The Balaban J connectivity index is 3.37. The highest BCUT2D eigenvalue weighted by atomic mass is 16.4. The molecule has 0 bridgehead atoms. The van der Waals surface area contributed by atoms with Gasteiger partial charge in [-0.3, -0.25) is 9.59 Å². The van der Waals surface area contributed by atoms with Gasteiger partial charge in [0.15, 0.2) is 0 Å². The van der Waals surface area contributed by atoms with E-state index < -0.39 is 24.0 Å². The highest BCUT2D eigenvalue weighted by Gasteiger charge is 2.25. The highest BCUT2D eigenvalue weighted by Crippen LogP contribution is 2.22. The Hall–Kier alpha value is -1.10. The molecule has 0 aliphatic rings. The lowest BCUT2D eigenvalue weighted by molar-refractivity contribution is -0.146. The van der Waals surface area contributed by atoms with Gasteiger partial charge < -0.3 is 15.3 Å². The second-order valence-electron chi connectivity index (χ2n) is 20.2. The van der Waals surface area contributed by atoms with Gasteiger partial charge in [-0.15, -0.1) is 0 Å². The smallest absolute Gasteiger partial charge is 0.309 e. The molecule has 5 nitrogen and oxygen atoms in total. The summed E-state index contributed by atoms with van der Waals surface area (Å²) < 4.78 is 0. The number of hydrogen-bond donors (Lipinski definition) is 3. The molecule has 0 rings (SSSR count). The van der Waals surface area contributed by atoms with Crippen molar-refractivity contribution in [3.8, 4) is 0 Å². The molecule has 370 valence electrons.